The summed E-state index contributed by atoms with van der Waals surface area (Å²) in [5, 5.41) is 0. The fraction of sp³-hybridized carbons (Fsp3) is 0.800. The van der Waals surface area contributed by atoms with Crippen molar-refractivity contribution >= 4 is 11.7 Å². The van der Waals surface area contributed by atoms with Gasteiger partial charge >= 0.3 is 5.91 Å². The number of hydrogen-bond acceptors (Lipinski definition) is 3. The third-order valence-electron chi connectivity index (χ3n) is 3.15. The highest BCUT2D eigenvalue weighted by molar-refractivity contribution is 5.84. The Hall–Kier alpha value is -0.740. The second-order valence-corrected chi connectivity index (χ2v) is 4.39. The molecule has 1 rings (SSSR count). The van der Waals surface area contributed by atoms with Crippen molar-refractivity contribution in [2.75, 3.05) is 13.6 Å². The highest BCUT2D eigenvalue weighted by Gasteiger charge is 2.47. The SMILES string of the molecule is CC(=O)C1CCC[N+]1(C)C(=O)C(C)N. The molecule has 3 unspecified atom stereocenters. The minimum Gasteiger partial charge on any atom is -0.317 e. The summed E-state index contributed by atoms with van der Waals surface area (Å²) in [4.78, 5) is 23.3. The molecule has 0 spiro atoms. The summed E-state index contributed by atoms with van der Waals surface area (Å²) in [6.07, 6.45) is 1.74. The van der Waals surface area contributed by atoms with Crippen molar-refractivity contribution in [1.29, 1.82) is 0 Å². The largest absolute Gasteiger partial charge is 0.330 e. The van der Waals surface area contributed by atoms with Crippen molar-refractivity contribution < 1.29 is 14.1 Å². The minimum absolute atomic E-state index is 0.0253. The third kappa shape index (κ3) is 1.72. The molecular weight excluding hydrogens is 180 g/mol. The highest BCUT2D eigenvalue weighted by Crippen LogP contribution is 2.26. The summed E-state index contributed by atoms with van der Waals surface area (Å²) in [5.74, 6) is 0.0710. The smallest absolute Gasteiger partial charge is 0.317 e. The van der Waals surface area contributed by atoms with E-state index in [9.17, 15) is 9.59 Å². The van der Waals surface area contributed by atoms with Crippen LogP contribution >= 0.6 is 0 Å². The lowest BCUT2D eigenvalue weighted by Crippen LogP contribution is -2.59. The van der Waals surface area contributed by atoms with E-state index in [0.29, 0.717) is 0 Å². The number of carbonyl (C=O) groups excluding carboxylic acids is 2. The first-order valence-electron chi connectivity index (χ1n) is 5.05. The molecule has 3 atom stereocenters. The van der Waals surface area contributed by atoms with Gasteiger partial charge in [-0.1, -0.05) is 0 Å². The van der Waals surface area contributed by atoms with E-state index in [1.807, 2.05) is 7.05 Å². The van der Waals surface area contributed by atoms with Crippen LogP contribution in [-0.4, -0.2) is 41.8 Å². The minimum atomic E-state index is -0.486. The van der Waals surface area contributed by atoms with Crippen LogP contribution in [0.2, 0.25) is 0 Å². The highest BCUT2D eigenvalue weighted by atomic mass is 16.2. The number of ketones is 1. The van der Waals surface area contributed by atoms with Crippen LogP contribution in [0.25, 0.3) is 0 Å². The molecule has 1 saturated heterocycles. The van der Waals surface area contributed by atoms with Gasteiger partial charge in [-0.2, -0.15) is 0 Å². The van der Waals surface area contributed by atoms with E-state index in [1.165, 1.54) is 0 Å². The van der Waals surface area contributed by atoms with Gasteiger partial charge in [0.2, 0.25) is 0 Å². The molecule has 0 radical (unpaired) electrons. The Morgan fingerprint density at radius 1 is 1.50 bits per heavy atom. The fourth-order valence-electron chi connectivity index (χ4n) is 2.39. The number of nitrogens with zero attached hydrogens (tertiary/aromatic N) is 1. The molecule has 1 amide bonds. The summed E-state index contributed by atoms with van der Waals surface area (Å²) < 4.78 is 0.201. The molecule has 0 aromatic heterocycles. The Morgan fingerprint density at radius 3 is 2.50 bits per heavy atom. The van der Waals surface area contributed by atoms with Crippen molar-refractivity contribution in [1.82, 2.24) is 0 Å². The third-order valence-corrected chi connectivity index (χ3v) is 3.15. The Morgan fingerprint density at radius 2 is 2.07 bits per heavy atom. The van der Waals surface area contributed by atoms with Gasteiger partial charge in [0.15, 0.2) is 11.8 Å². The first-order chi connectivity index (χ1) is 6.39. The summed E-state index contributed by atoms with van der Waals surface area (Å²) in [6, 6.07) is -0.659. The van der Waals surface area contributed by atoms with Crippen LogP contribution in [0.4, 0.5) is 0 Å². The molecule has 1 heterocycles. The van der Waals surface area contributed by atoms with Crippen molar-refractivity contribution in [2.45, 2.75) is 38.8 Å². The van der Waals surface area contributed by atoms with Gasteiger partial charge in [-0.3, -0.25) is 9.28 Å². The Bertz CT molecular complexity index is 263. The molecule has 0 saturated carbocycles. The maximum atomic E-state index is 11.9. The van der Waals surface area contributed by atoms with Crippen LogP contribution < -0.4 is 5.73 Å². The average molecular weight is 199 g/mol. The summed E-state index contributed by atoms with van der Waals surface area (Å²) >= 11 is 0. The quantitative estimate of drug-likeness (QED) is 0.640. The Balaban J connectivity index is 2.92. The Labute approximate surface area is 84.7 Å². The summed E-state index contributed by atoms with van der Waals surface area (Å²) in [7, 11) is 1.82. The maximum absolute atomic E-state index is 11.9. The van der Waals surface area contributed by atoms with Crippen LogP contribution in [0.3, 0.4) is 0 Å². The average Bonchev–Trinajstić information content (AvgIpc) is 2.47. The van der Waals surface area contributed by atoms with E-state index in [-0.39, 0.29) is 22.2 Å². The van der Waals surface area contributed by atoms with E-state index < -0.39 is 6.04 Å². The van der Waals surface area contributed by atoms with Crippen LogP contribution in [0, 0.1) is 0 Å². The summed E-state index contributed by atoms with van der Waals surface area (Å²) in [5.41, 5.74) is 5.59. The number of likely N-dealkylation sites (tertiary alicyclic amines) is 1. The number of hydrogen-bond donors (Lipinski definition) is 1. The molecule has 4 heteroatoms. The molecule has 2 N–H and O–H groups in total. The topological polar surface area (TPSA) is 60.2 Å². The molecule has 14 heavy (non-hydrogen) atoms. The number of nitrogens with two attached hydrogens (primary N) is 1. The van der Waals surface area contributed by atoms with Crippen molar-refractivity contribution in [2.24, 2.45) is 5.73 Å². The number of rotatable bonds is 2. The molecule has 1 aliphatic heterocycles. The van der Waals surface area contributed by atoms with Gasteiger partial charge in [0.25, 0.3) is 0 Å². The van der Waals surface area contributed by atoms with Crippen LogP contribution in [0.15, 0.2) is 0 Å². The lowest BCUT2D eigenvalue weighted by molar-refractivity contribution is -0.837. The monoisotopic (exact) mass is 199 g/mol. The van der Waals surface area contributed by atoms with Gasteiger partial charge in [-0.15, -0.1) is 0 Å². The predicted molar refractivity (Wildman–Crippen MR) is 53.4 cm³/mol. The molecular formula is C10H19N2O2+. The van der Waals surface area contributed by atoms with Gasteiger partial charge in [-0.25, -0.2) is 4.79 Å². The van der Waals surface area contributed by atoms with E-state index in [2.05, 4.69) is 0 Å². The second kappa shape index (κ2) is 3.79. The van der Waals surface area contributed by atoms with E-state index in [4.69, 9.17) is 5.73 Å². The van der Waals surface area contributed by atoms with Crippen LogP contribution in [0.5, 0.6) is 0 Å². The summed E-state index contributed by atoms with van der Waals surface area (Å²) in [6.45, 7) is 3.98. The van der Waals surface area contributed by atoms with Crippen molar-refractivity contribution in [3.8, 4) is 0 Å². The molecule has 80 valence electrons. The molecule has 0 aromatic carbocycles. The molecule has 4 nitrogen and oxygen atoms in total. The number of carbonyl (C=O) groups is 2. The van der Waals surface area contributed by atoms with E-state index in [1.54, 1.807) is 13.8 Å². The second-order valence-electron chi connectivity index (χ2n) is 4.39. The van der Waals surface area contributed by atoms with Gasteiger partial charge < -0.3 is 5.73 Å². The number of Topliss-reactive ketones (excluding diaryl/α,β-unsaturated/α-hetero) is 1. The van der Waals surface area contributed by atoms with Gasteiger partial charge in [0.1, 0.15) is 6.04 Å². The van der Waals surface area contributed by atoms with Crippen molar-refractivity contribution in [3.63, 3.8) is 0 Å². The lowest BCUT2D eigenvalue weighted by Gasteiger charge is -2.33. The van der Waals surface area contributed by atoms with Gasteiger partial charge in [0.05, 0.1) is 13.6 Å². The number of likely N-dealkylation sites (N-methyl/N-ethyl adjacent to an activating group) is 1. The first-order valence-corrected chi connectivity index (χ1v) is 5.05. The molecule has 1 fully saturated rings. The van der Waals surface area contributed by atoms with Crippen LogP contribution in [0.1, 0.15) is 26.7 Å². The predicted octanol–water partition coefficient (Wildman–Crippen LogP) is 0.0582. The molecule has 0 aromatic rings. The zero-order valence-corrected chi connectivity index (χ0v) is 9.12. The first kappa shape index (κ1) is 11.3. The standard InChI is InChI=1S/C10H19N2O2/c1-7(11)10(14)12(3)6-4-5-9(12)8(2)13/h7,9H,4-6,11H2,1-3H3/q+1. The van der Waals surface area contributed by atoms with Crippen molar-refractivity contribution in [3.05, 3.63) is 0 Å². The molecule has 1 aliphatic rings. The maximum Gasteiger partial charge on any atom is 0.330 e. The fourth-order valence-corrected chi connectivity index (χ4v) is 2.39. The zero-order chi connectivity index (χ0) is 10.9. The van der Waals surface area contributed by atoms with E-state index in [0.717, 1.165) is 19.4 Å². The van der Waals surface area contributed by atoms with Gasteiger partial charge in [0, 0.05) is 19.8 Å². The van der Waals surface area contributed by atoms with Crippen LogP contribution in [-0.2, 0) is 9.59 Å². The Kier molecular flexibility index (Phi) is 3.07. The normalized spacial score (nSPS) is 34.1. The molecule has 0 bridgehead atoms. The van der Waals surface area contributed by atoms with E-state index >= 15 is 0 Å². The number of amides is 1. The zero-order valence-electron chi connectivity index (χ0n) is 9.12. The number of quaternary nitrogens is 1. The molecule has 0 aliphatic carbocycles. The lowest BCUT2D eigenvalue weighted by atomic mass is 10.1. The van der Waals surface area contributed by atoms with Gasteiger partial charge in [-0.05, 0) is 6.92 Å².